The van der Waals surface area contributed by atoms with Crippen molar-refractivity contribution in [3.05, 3.63) is 0 Å². The standard InChI is InChI=1S/C12H23NO10S2/c1-2-3-6(15)4-8(13-23-25(19,20)21)24-12-11(18)10(17)9(16)7(5-14)22-12/h6-7,9-12,14-18H,2-5H2,1H3,(H,19,20,21). The van der Waals surface area contributed by atoms with Crippen LogP contribution >= 0.6 is 11.8 Å². The summed E-state index contributed by atoms with van der Waals surface area (Å²) in [5, 5.41) is 51.5. The van der Waals surface area contributed by atoms with Crippen LogP contribution in [0.15, 0.2) is 5.16 Å². The minimum Gasteiger partial charge on any atom is -0.394 e. The predicted molar refractivity (Wildman–Crippen MR) is 87.0 cm³/mol. The van der Waals surface area contributed by atoms with Gasteiger partial charge in [0.05, 0.1) is 12.7 Å². The molecule has 13 heteroatoms. The minimum absolute atomic E-state index is 0.136. The van der Waals surface area contributed by atoms with Gasteiger partial charge >= 0.3 is 10.4 Å². The molecule has 0 spiro atoms. The molecule has 25 heavy (non-hydrogen) atoms. The van der Waals surface area contributed by atoms with Gasteiger partial charge in [0.2, 0.25) is 0 Å². The Morgan fingerprint density at radius 2 is 1.92 bits per heavy atom. The molecule has 1 aliphatic rings. The van der Waals surface area contributed by atoms with Crippen molar-refractivity contribution in [2.75, 3.05) is 6.61 Å². The van der Waals surface area contributed by atoms with Gasteiger partial charge in [-0.15, -0.1) is 0 Å². The first-order valence-electron chi connectivity index (χ1n) is 7.47. The third kappa shape index (κ3) is 7.32. The number of thioether (sulfide) groups is 1. The van der Waals surface area contributed by atoms with Crippen LogP contribution in [0.3, 0.4) is 0 Å². The van der Waals surface area contributed by atoms with Crippen molar-refractivity contribution < 1.29 is 47.5 Å². The van der Waals surface area contributed by atoms with Crippen molar-refractivity contribution in [1.82, 2.24) is 0 Å². The Morgan fingerprint density at radius 1 is 1.28 bits per heavy atom. The Bertz CT molecular complexity index is 540. The third-order valence-electron chi connectivity index (χ3n) is 3.37. The van der Waals surface area contributed by atoms with Gasteiger partial charge < -0.3 is 30.3 Å². The molecule has 0 amide bonds. The van der Waals surface area contributed by atoms with Gasteiger partial charge in [0.1, 0.15) is 34.9 Å². The molecule has 6 unspecified atom stereocenters. The molecule has 6 N–H and O–H groups in total. The van der Waals surface area contributed by atoms with E-state index >= 15 is 0 Å². The second kappa shape index (κ2) is 9.99. The molecule has 148 valence electrons. The Hall–Kier alpha value is -0.510. The minimum atomic E-state index is -4.87. The molecule has 0 aromatic rings. The van der Waals surface area contributed by atoms with Crippen LogP contribution in [0.4, 0.5) is 0 Å². The molecule has 6 atom stereocenters. The normalized spacial score (nSPS) is 32.4. The van der Waals surface area contributed by atoms with E-state index < -0.39 is 53.0 Å². The molecule has 1 heterocycles. The molecule has 1 rings (SSSR count). The monoisotopic (exact) mass is 405 g/mol. The summed E-state index contributed by atoms with van der Waals surface area (Å²) in [5.74, 6) is 0. The zero-order valence-electron chi connectivity index (χ0n) is 13.4. The molecule has 1 fully saturated rings. The zero-order chi connectivity index (χ0) is 19.2. The quantitative estimate of drug-likeness (QED) is 0.116. The highest BCUT2D eigenvalue weighted by Gasteiger charge is 2.44. The fourth-order valence-corrected chi connectivity index (χ4v) is 3.50. The summed E-state index contributed by atoms with van der Waals surface area (Å²) in [7, 11) is -4.87. The molecule has 0 bridgehead atoms. The lowest BCUT2D eigenvalue weighted by atomic mass is 10.0. The smallest absolute Gasteiger partial charge is 0.394 e. The van der Waals surface area contributed by atoms with Gasteiger partial charge in [-0.2, -0.15) is 8.42 Å². The second-order valence-electron chi connectivity index (χ2n) is 5.45. The lowest BCUT2D eigenvalue weighted by Crippen LogP contribution is -2.57. The van der Waals surface area contributed by atoms with Crippen molar-refractivity contribution in [1.29, 1.82) is 0 Å². The van der Waals surface area contributed by atoms with Crippen LogP contribution in [0.25, 0.3) is 0 Å². The number of aliphatic hydroxyl groups excluding tert-OH is 5. The Labute approximate surface area is 149 Å². The van der Waals surface area contributed by atoms with Crippen molar-refractivity contribution >= 4 is 27.2 Å². The van der Waals surface area contributed by atoms with E-state index in [4.69, 9.17) is 14.4 Å². The van der Waals surface area contributed by atoms with E-state index in [0.29, 0.717) is 24.6 Å². The number of nitrogens with zero attached hydrogens (tertiary/aromatic N) is 1. The summed E-state index contributed by atoms with van der Waals surface area (Å²) < 4.78 is 39.1. The van der Waals surface area contributed by atoms with Crippen molar-refractivity contribution in [3.8, 4) is 0 Å². The lowest BCUT2D eigenvalue weighted by molar-refractivity contribution is -0.205. The maximum atomic E-state index is 10.7. The van der Waals surface area contributed by atoms with Crippen molar-refractivity contribution in [3.63, 3.8) is 0 Å². The molecule has 1 saturated heterocycles. The summed E-state index contributed by atoms with van der Waals surface area (Å²) in [6, 6.07) is 0. The van der Waals surface area contributed by atoms with E-state index in [0.717, 1.165) is 0 Å². The van der Waals surface area contributed by atoms with E-state index in [1.54, 1.807) is 0 Å². The summed E-state index contributed by atoms with van der Waals surface area (Å²) in [6.45, 7) is 1.19. The summed E-state index contributed by atoms with van der Waals surface area (Å²) in [6.07, 6.45) is -5.94. The molecule has 0 saturated carbocycles. The zero-order valence-corrected chi connectivity index (χ0v) is 15.0. The average Bonchev–Trinajstić information content (AvgIpc) is 2.52. The summed E-state index contributed by atoms with van der Waals surface area (Å²) >= 11 is 0.629. The number of hydrogen-bond donors (Lipinski definition) is 6. The van der Waals surface area contributed by atoms with Gasteiger partial charge in [-0.3, -0.25) is 4.55 Å². The number of aliphatic hydroxyl groups is 5. The molecular formula is C12H23NO10S2. The summed E-state index contributed by atoms with van der Waals surface area (Å²) in [4.78, 5) is 0. The van der Waals surface area contributed by atoms with E-state index in [1.165, 1.54) is 0 Å². The topological polar surface area (TPSA) is 186 Å². The SMILES string of the molecule is CCCC(O)CC(=NOS(=O)(=O)O)SC1OC(CO)C(O)C(O)C1O. The molecule has 1 aliphatic heterocycles. The first-order chi connectivity index (χ1) is 11.6. The molecular weight excluding hydrogens is 382 g/mol. The highest BCUT2D eigenvalue weighted by Crippen LogP contribution is 2.30. The molecule has 0 radical (unpaired) electrons. The third-order valence-corrected chi connectivity index (χ3v) is 4.76. The second-order valence-corrected chi connectivity index (χ2v) is 7.63. The lowest BCUT2D eigenvalue weighted by Gasteiger charge is -2.39. The highest BCUT2D eigenvalue weighted by molar-refractivity contribution is 8.14. The van der Waals surface area contributed by atoms with Crippen molar-refractivity contribution in [2.45, 2.75) is 62.1 Å². The predicted octanol–water partition coefficient (Wildman–Crippen LogP) is -1.80. The maximum Gasteiger partial charge on any atom is 0.466 e. The van der Waals surface area contributed by atoms with Gasteiger partial charge in [0.15, 0.2) is 0 Å². The van der Waals surface area contributed by atoms with Crippen LogP contribution in [0, 0.1) is 0 Å². The van der Waals surface area contributed by atoms with Crippen LogP contribution in [0.5, 0.6) is 0 Å². The van der Waals surface area contributed by atoms with Gasteiger partial charge in [-0.1, -0.05) is 30.3 Å². The van der Waals surface area contributed by atoms with Crippen LogP contribution in [-0.4, -0.2) is 86.1 Å². The van der Waals surface area contributed by atoms with Gasteiger partial charge in [0.25, 0.3) is 0 Å². The Balaban J connectivity index is 2.90. The Kier molecular flexibility index (Phi) is 9.00. The van der Waals surface area contributed by atoms with E-state index in [2.05, 4.69) is 9.44 Å². The summed E-state index contributed by atoms with van der Waals surface area (Å²) in [5.41, 5.74) is -1.23. The fraction of sp³-hybridized carbons (Fsp3) is 0.917. The van der Waals surface area contributed by atoms with Crippen LogP contribution in [-0.2, 0) is 19.4 Å². The van der Waals surface area contributed by atoms with E-state index in [-0.39, 0.29) is 11.5 Å². The van der Waals surface area contributed by atoms with Gasteiger partial charge in [0, 0.05) is 6.42 Å². The number of ether oxygens (including phenoxy) is 1. The average molecular weight is 405 g/mol. The maximum absolute atomic E-state index is 10.7. The largest absolute Gasteiger partial charge is 0.466 e. The van der Waals surface area contributed by atoms with Gasteiger partial charge in [-0.05, 0) is 6.42 Å². The molecule has 0 aliphatic carbocycles. The highest BCUT2D eigenvalue weighted by atomic mass is 32.3. The van der Waals surface area contributed by atoms with Crippen LogP contribution in [0.1, 0.15) is 26.2 Å². The first-order valence-corrected chi connectivity index (χ1v) is 9.71. The van der Waals surface area contributed by atoms with E-state index in [9.17, 15) is 28.8 Å². The number of rotatable bonds is 8. The first kappa shape index (κ1) is 22.5. The van der Waals surface area contributed by atoms with Crippen LogP contribution in [0.2, 0.25) is 0 Å². The van der Waals surface area contributed by atoms with Gasteiger partial charge in [-0.25, -0.2) is 4.28 Å². The Morgan fingerprint density at radius 3 is 2.44 bits per heavy atom. The molecule has 11 nitrogen and oxygen atoms in total. The van der Waals surface area contributed by atoms with Crippen molar-refractivity contribution in [2.24, 2.45) is 5.16 Å². The number of oxime groups is 1. The molecule has 0 aromatic carbocycles. The number of hydrogen-bond acceptors (Lipinski definition) is 11. The van der Waals surface area contributed by atoms with Crippen LogP contribution < -0.4 is 0 Å². The fourth-order valence-electron chi connectivity index (χ4n) is 2.13. The van der Waals surface area contributed by atoms with E-state index in [1.807, 2.05) is 6.92 Å². The molecule has 0 aromatic heterocycles.